The molecule has 1 aliphatic heterocycles. The maximum atomic E-state index is 12.4. The van der Waals surface area contributed by atoms with Crippen molar-refractivity contribution in [2.75, 3.05) is 0 Å². The van der Waals surface area contributed by atoms with Crippen LogP contribution in [0.2, 0.25) is 0 Å². The topological polar surface area (TPSA) is 57.5 Å². The Morgan fingerprint density at radius 3 is 2.23 bits per heavy atom. The molecule has 2 heterocycles. The second kappa shape index (κ2) is 6.16. The normalized spacial score (nSPS) is 18.8. The summed E-state index contributed by atoms with van der Waals surface area (Å²) in [6.45, 7) is 3.96. The van der Waals surface area contributed by atoms with Gasteiger partial charge in [0.05, 0.1) is 0 Å². The van der Waals surface area contributed by atoms with Gasteiger partial charge in [0.1, 0.15) is 5.57 Å². The second-order valence-electron chi connectivity index (χ2n) is 6.95. The molecule has 0 bridgehead atoms. The van der Waals surface area contributed by atoms with E-state index >= 15 is 0 Å². The Labute approximate surface area is 152 Å². The maximum Gasteiger partial charge on any atom is 0.348 e. The first-order valence-corrected chi connectivity index (χ1v) is 8.92. The molecule has 1 aliphatic carbocycles. The van der Waals surface area contributed by atoms with Crippen LogP contribution >= 0.6 is 0 Å². The van der Waals surface area contributed by atoms with Crippen molar-refractivity contribution in [2.24, 2.45) is 0 Å². The summed E-state index contributed by atoms with van der Waals surface area (Å²) in [5.41, 5.74) is 3.76. The quantitative estimate of drug-likeness (QED) is 0.468. The molecule has 5 heteroatoms. The summed E-state index contributed by atoms with van der Waals surface area (Å²) in [4.78, 5) is 24.9. The molecule has 1 saturated carbocycles. The first kappa shape index (κ1) is 16.6. The number of para-hydroxylation sites is 1. The molecular formula is C21H21NO4. The highest BCUT2D eigenvalue weighted by Gasteiger charge is 2.47. The van der Waals surface area contributed by atoms with E-state index < -0.39 is 17.7 Å². The van der Waals surface area contributed by atoms with E-state index in [1.165, 1.54) is 0 Å². The summed E-state index contributed by atoms with van der Waals surface area (Å²) >= 11 is 0. The van der Waals surface area contributed by atoms with Gasteiger partial charge in [0.15, 0.2) is 0 Å². The highest BCUT2D eigenvalue weighted by molar-refractivity contribution is 6.19. The van der Waals surface area contributed by atoms with Crippen molar-refractivity contribution in [3.05, 3.63) is 58.9 Å². The van der Waals surface area contributed by atoms with Crippen molar-refractivity contribution < 1.29 is 19.1 Å². The molecule has 5 nitrogen and oxygen atoms in total. The number of hydrogen-bond donors (Lipinski definition) is 0. The van der Waals surface area contributed by atoms with Crippen LogP contribution in [0.25, 0.3) is 11.8 Å². The van der Waals surface area contributed by atoms with Crippen LogP contribution in [0.1, 0.15) is 42.6 Å². The number of aromatic nitrogens is 1. The Balaban J connectivity index is 1.69. The smallest absolute Gasteiger partial charge is 0.348 e. The molecule has 0 unspecified atom stereocenters. The van der Waals surface area contributed by atoms with Crippen molar-refractivity contribution in [1.29, 1.82) is 0 Å². The predicted octanol–water partition coefficient (Wildman–Crippen LogP) is 3.85. The van der Waals surface area contributed by atoms with Gasteiger partial charge >= 0.3 is 11.9 Å². The van der Waals surface area contributed by atoms with Gasteiger partial charge in [-0.15, -0.1) is 0 Å². The van der Waals surface area contributed by atoms with Gasteiger partial charge in [0, 0.05) is 29.9 Å². The van der Waals surface area contributed by atoms with Gasteiger partial charge < -0.3 is 14.0 Å². The highest BCUT2D eigenvalue weighted by Crippen LogP contribution is 2.39. The van der Waals surface area contributed by atoms with E-state index in [1.54, 1.807) is 6.08 Å². The molecule has 2 fully saturated rings. The van der Waals surface area contributed by atoms with E-state index in [9.17, 15) is 9.59 Å². The predicted molar refractivity (Wildman–Crippen MR) is 96.6 cm³/mol. The first-order valence-electron chi connectivity index (χ1n) is 8.92. The van der Waals surface area contributed by atoms with Crippen LogP contribution < -0.4 is 0 Å². The molecule has 1 aromatic heterocycles. The number of hydrogen-bond acceptors (Lipinski definition) is 4. The van der Waals surface area contributed by atoms with Crippen molar-refractivity contribution in [3.63, 3.8) is 0 Å². The first-order chi connectivity index (χ1) is 12.5. The molecule has 0 N–H and O–H groups in total. The lowest BCUT2D eigenvalue weighted by Crippen LogP contribution is -2.44. The fraction of sp³-hybridized carbons (Fsp3) is 0.333. The molecule has 1 spiro atoms. The van der Waals surface area contributed by atoms with E-state index in [-0.39, 0.29) is 5.57 Å². The van der Waals surface area contributed by atoms with E-state index in [4.69, 9.17) is 9.47 Å². The Morgan fingerprint density at radius 2 is 1.62 bits per heavy atom. The molecule has 2 aliphatic rings. The molecule has 2 aromatic rings. The monoisotopic (exact) mass is 351 g/mol. The van der Waals surface area contributed by atoms with Crippen LogP contribution in [0, 0.1) is 13.8 Å². The largest absolute Gasteiger partial charge is 0.419 e. The van der Waals surface area contributed by atoms with Gasteiger partial charge in [0.25, 0.3) is 5.79 Å². The molecule has 1 aromatic carbocycles. The Kier molecular flexibility index (Phi) is 3.94. The van der Waals surface area contributed by atoms with Crippen LogP contribution in [0.15, 0.2) is 42.0 Å². The summed E-state index contributed by atoms with van der Waals surface area (Å²) in [6, 6.07) is 11.9. The number of ether oxygens (including phenoxy) is 2. The van der Waals surface area contributed by atoms with E-state index in [1.807, 2.05) is 50.2 Å². The molecule has 26 heavy (non-hydrogen) atoms. The number of carbonyl (C=O) groups is 2. The third-order valence-electron chi connectivity index (χ3n) is 5.15. The molecule has 0 atom stereocenters. The minimum atomic E-state index is -1.04. The summed E-state index contributed by atoms with van der Waals surface area (Å²) in [5.74, 6) is -2.22. The van der Waals surface area contributed by atoms with E-state index in [0.29, 0.717) is 12.8 Å². The average molecular weight is 351 g/mol. The van der Waals surface area contributed by atoms with Gasteiger partial charge in [-0.1, -0.05) is 18.2 Å². The van der Waals surface area contributed by atoms with Crippen LogP contribution in [0.5, 0.6) is 0 Å². The van der Waals surface area contributed by atoms with Crippen LogP contribution in [-0.2, 0) is 19.1 Å². The fourth-order valence-corrected chi connectivity index (χ4v) is 3.85. The van der Waals surface area contributed by atoms with Crippen LogP contribution in [0.3, 0.4) is 0 Å². The molecule has 0 radical (unpaired) electrons. The Hall–Kier alpha value is -2.82. The maximum absolute atomic E-state index is 12.4. The van der Waals surface area contributed by atoms with Crippen molar-refractivity contribution in [3.8, 4) is 5.69 Å². The number of nitrogens with zero attached hydrogens (tertiary/aromatic N) is 1. The Bertz CT molecular complexity index is 880. The summed E-state index contributed by atoms with van der Waals surface area (Å²) in [6.07, 6.45) is 4.55. The number of esters is 2. The van der Waals surface area contributed by atoms with Crippen molar-refractivity contribution in [1.82, 2.24) is 4.57 Å². The van der Waals surface area contributed by atoms with Gasteiger partial charge in [-0.3, -0.25) is 0 Å². The third-order valence-corrected chi connectivity index (χ3v) is 5.15. The van der Waals surface area contributed by atoms with Crippen LogP contribution in [0.4, 0.5) is 0 Å². The van der Waals surface area contributed by atoms with Crippen molar-refractivity contribution >= 4 is 18.0 Å². The summed E-state index contributed by atoms with van der Waals surface area (Å²) in [7, 11) is 0. The Morgan fingerprint density at radius 1 is 1.00 bits per heavy atom. The lowest BCUT2D eigenvalue weighted by Gasteiger charge is -2.32. The van der Waals surface area contributed by atoms with Gasteiger partial charge in [-0.25, -0.2) is 9.59 Å². The molecule has 1 saturated heterocycles. The standard InChI is InChI=1S/C21H21NO4/c1-14-12-16(15(2)22(14)17-8-4-3-5-9-17)13-18-19(23)25-21(26-20(18)24)10-6-7-11-21/h3-5,8-9,12-13H,6-7,10-11H2,1-2H3. The van der Waals surface area contributed by atoms with E-state index in [0.717, 1.165) is 35.5 Å². The molecule has 0 amide bonds. The number of rotatable bonds is 2. The SMILES string of the molecule is Cc1cc(C=C2C(=O)OC3(CCCC3)OC2=O)c(C)n1-c1ccccc1. The average Bonchev–Trinajstić information content (AvgIpc) is 3.16. The second-order valence-corrected chi connectivity index (χ2v) is 6.95. The summed E-state index contributed by atoms with van der Waals surface area (Å²) < 4.78 is 13.1. The lowest BCUT2D eigenvalue weighted by atomic mass is 10.1. The van der Waals surface area contributed by atoms with Crippen LogP contribution in [-0.4, -0.2) is 22.3 Å². The fourth-order valence-electron chi connectivity index (χ4n) is 3.85. The zero-order valence-electron chi connectivity index (χ0n) is 15.0. The minimum Gasteiger partial charge on any atom is -0.419 e. The number of carbonyl (C=O) groups excluding carboxylic acids is 2. The zero-order chi connectivity index (χ0) is 18.3. The highest BCUT2D eigenvalue weighted by atomic mass is 16.7. The molecule has 4 rings (SSSR count). The number of benzene rings is 1. The lowest BCUT2D eigenvalue weighted by molar-refractivity contribution is -0.232. The third kappa shape index (κ3) is 2.73. The minimum absolute atomic E-state index is 0.0455. The van der Waals surface area contributed by atoms with Gasteiger partial charge in [-0.05, 0) is 56.5 Å². The van der Waals surface area contributed by atoms with Crippen molar-refractivity contribution in [2.45, 2.75) is 45.3 Å². The van der Waals surface area contributed by atoms with Gasteiger partial charge in [-0.2, -0.15) is 0 Å². The zero-order valence-corrected chi connectivity index (χ0v) is 15.0. The number of aryl methyl sites for hydroxylation is 1. The van der Waals surface area contributed by atoms with E-state index in [2.05, 4.69) is 4.57 Å². The molecular weight excluding hydrogens is 330 g/mol. The van der Waals surface area contributed by atoms with Gasteiger partial charge in [0.2, 0.25) is 0 Å². The summed E-state index contributed by atoms with van der Waals surface area (Å²) in [5, 5.41) is 0. The molecule has 134 valence electrons.